The fourth-order valence-electron chi connectivity index (χ4n) is 4.32. The van der Waals surface area contributed by atoms with Gasteiger partial charge in [-0.3, -0.25) is 5.10 Å². The standard InChI is InChI=1S/C15H25N5/c1-16-10-6-8-20(9-7-10)15-17-14(18-19-15)13-11-4-2-3-5-12(11)13/h10-13,16H,2-9H2,1H3,(H,17,18,19). The van der Waals surface area contributed by atoms with Gasteiger partial charge in [0.1, 0.15) is 5.82 Å². The lowest BCUT2D eigenvalue weighted by Gasteiger charge is -2.30. The molecule has 1 aliphatic heterocycles. The van der Waals surface area contributed by atoms with Crippen molar-refractivity contribution in [2.45, 2.75) is 50.5 Å². The van der Waals surface area contributed by atoms with Gasteiger partial charge in [-0.1, -0.05) is 12.8 Å². The summed E-state index contributed by atoms with van der Waals surface area (Å²) in [6.45, 7) is 2.14. The Balaban J connectivity index is 1.41. The van der Waals surface area contributed by atoms with Crippen LogP contribution in [0.3, 0.4) is 0 Å². The number of aromatic nitrogens is 3. The second-order valence-electron chi connectivity index (χ2n) is 6.71. The first-order chi connectivity index (χ1) is 9.86. The summed E-state index contributed by atoms with van der Waals surface area (Å²) in [6, 6.07) is 0.663. The van der Waals surface area contributed by atoms with Gasteiger partial charge in [0.05, 0.1) is 0 Å². The highest BCUT2D eigenvalue weighted by Gasteiger charge is 2.53. The van der Waals surface area contributed by atoms with Gasteiger partial charge in [0.2, 0.25) is 5.95 Å². The van der Waals surface area contributed by atoms with E-state index in [0.29, 0.717) is 12.0 Å². The van der Waals surface area contributed by atoms with Gasteiger partial charge < -0.3 is 10.2 Å². The van der Waals surface area contributed by atoms with Crippen molar-refractivity contribution in [1.82, 2.24) is 20.5 Å². The van der Waals surface area contributed by atoms with Crippen LogP contribution in [0.5, 0.6) is 0 Å². The first-order valence-electron chi connectivity index (χ1n) is 8.21. The van der Waals surface area contributed by atoms with Gasteiger partial charge in [-0.2, -0.15) is 4.98 Å². The molecule has 5 nitrogen and oxygen atoms in total. The van der Waals surface area contributed by atoms with Crippen LogP contribution in [0.4, 0.5) is 5.95 Å². The highest BCUT2D eigenvalue weighted by Crippen LogP contribution is 2.60. The predicted octanol–water partition coefficient (Wildman–Crippen LogP) is 1.90. The molecule has 0 radical (unpaired) electrons. The fraction of sp³-hybridized carbons (Fsp3) is 0.867. The Kier molecular flexibility index (Phi) is 3.17. The number of hydrogen-bond donors (Lipinski definition) is 2. The molecular weight excluding hydrogens is 250 g/mol. The molecule has 3 fully saturated rings. The normalized spacial score (nSPS) is 34.0. The summed E-state index contributed by atoms with van der Waals surface area (Å²) < 4.78 is 0. The van der Waals surface area contributed by atoms with Gasteiger partial charge in [-0.05, 0) is 44.6 Å². The number of nitrogens with one attached hydrogen (secondary N) is 2. The summed E-state index contributed by atoms with van der Waals surface area (Å²) in [4.78, 5) is 7.14. The largest absolute Gasteiger partial charge is 0.339 e. The van der Waals surface area contributed by atoms with Gasteiger partial charge in [0.15, 0.2) is 0 Å². The van der Waals surface area contributed by atoms with Crippen molar-refractivity contribution in [3.63, 3.8) is 0 Å². The molecule has 0 amide bonds. The number of nitrogens with zero attached hydrogens (tertiary/aromatic N) is 3. The Bertz CT molecular complexity index is 451. The molecule has 5 heteroatoms. The van der Waals surface area contributed by atoms with Crippen LogP contribution in [0.15, 0.2) is 0 Å². The average molecular weight is 275 g/mol. The first kappa shape index (κ1) is 12.6. The molecule has 3 aliphatic rings. The molecule has 110 valence electrons. The number of H-pyrrole nitrogens is 1. The van der Waals surface area contributed by atoms with Crippen molar-refractivity contribution < 1.29 is 0 Å². The molecule has 2 N–H and O–H groups in total. The maximum Gasteiger partial charge on any atom is 0.244 e. The lowest BCUT2D eigenvalue weighted by atomic mass is 10.0. The molecule has 1 saturated heterocycles. The molecule has 2 heterocycles. The van der Waals surface area contributed by atoms with E-state index in [-0.39, 0.29) is 0 Å². The number of piperidine rings is 1. The van der Waals surface area contributed by atoms with Gasteiger partial charge in [0, 0.05) is 25.0 Å². The monoisotopic (exact) mass is 275 g/mol. The third-order valence-corrected chi connectivity index (χ3v) is 5.65. The van der Waals surface area contributed by atoms with Gasteiger partial charge >= 0.3 is 0 Å². The highest BCUT2D eigenvalue weighted by atomic mass is 15.4. The molecule has 20 heavy (non-hydrogen) atoms. The number of anilines is 1. The van der Waals surface area contributed by atoms with E-state index >= 15 is 0 Å². The molecule has 0 bridgehead atoms. The van der Waals surface area contributed by atoms with E-state index in [0.717, 1.165) is 36.7 Å². The summed E-state index contributed by atoms with van der Waals surface area (Å²) in [7, 11) is 2.06. The van der Waals surface area contributed by atoms with E-state index in [2.05, 4.69) is 27.5 Å². The Morgan fingerprint density at radius 2 is 1.80 bits per heavy atom. The Morgan fingerprint density at radius 1 is 1.10 bits per heavy atom. The van der Waals surface area contributed by atoms with Crippen molar-refractivity contribution in [1.29, 1.82) is 0 Å². The average Bonchev–Trinajstić information content (AvgIpc) is 3.04. The molecule has 0 spiro atoms. The minimum atomic E-state index is 0.663. The Morgan fingerprint density at radius 3 is 2.45 bits per heavy atom. The molecule has 2 unspecified atom stereocenters. The van der Waals surface area contributed by atoms with Crippen molar-refractivity contribution in [3.05, 3.63) is 5.82 Å². The predicted molar refractivity (Wildman–Crippen MR) is 78.9 cm³/mol. The van der Waals surface area contributed by atoms with Crippen LogP contribution in [0.1, 0.15) is 50.3 Å². The first-order valence-corrected chi connectivity index (χ1v) is 8.21. The third kappa shape index (κ3) is 2.12. The van der Waals surface area contributed by atoms with Crippen LogP contribution in [0.2, 0.25) is 0 Å². The number of hydrogen-bond acceptors (Lipinski definition) is 4. The highest BCUT2D eigenvalue weighted by molar-refractivity contribution is 5.31. The maximum atomic E-state index is 4.81. The fourth-order valence-corrected chi connectivity index (χ4v) is 4.32. The topological polar surface area (TPSA) is 56.8 Å². The van der Waals surface area contributed by atoms with Gasteiger partial charge in [0.25, 0.3) is 0 Å². The van der Waals surface area contributed by atoms with Crippen molar-refractivity contribution in [2.75, 3.05) is 25.0 Å². The summed E-state index contributed by atoms with van der Waals surface area (Å²) in [6.07, 6.45) is 8.01. The van der Waals surface area contributed by atoms with Crippen LogP contribution >= 0.6 is 0 Å². The summed E-state index contributed by atoms with van der Waals surface area (Å²) in [5.74, 6) is 4.58. The Hall–Kier alpha value is -1.10. The molecule has 4 rings (SSSR count). The zero-order valence-corrected chi connectivity index (χ0v) is 12.3. The third-order valence-electron chi connectivity index (χ3n) is 5.65. The minimum absolute atomic E-state index is 0.663. The molecule has 0 aromatic carbocycles. The van der Waals surface area contributed by atoms with Crippen LogP contribution in [0.25, 0.3) is 0 Å². The summed E-state index contributed by atoms with van der Waals surface area (Å²) >= 11 is 0. The molecule has 2 saturated carbocycles. The lowest BCUT2D eigenvalue weighted by molar-refractivity contribution is 0.439. The summed E-state index contributed by atoms with van der Waals surface area (Å²) in [5.41, 5.74) is 0. The van der Waals surface area contributed by atoms with Crippen LogP contribution in [-0.2, 0) is 0 Å². The smallest absolute Gasteiger partial charge is 0.244 e. The molecule has 2 aliphatic carbocycles. The van der Waals surface area contributed by atoms with Crippen molar-refractivity contribution in [2.24, 2.45) is 11.8 Å². The molecule has 1 aromatic heterocycles. The minimum Gasteiger partial charge on any atom is -0.339 e. The zero-order chi connectivity index (χ0) is 13.5. The second kappa shape index (κ2) is 5.02. The number of fused-ring (bicyclic) bond motifs is 1. The Labute approximate surface area is 120 Å². The zero-order valence-electron chi connectivity index (χ0n) is 12.3. The molecular formula is C15H25N5. The van der Waals surface area contributed by atoms with Crippen molar-refractivity contribution >= 4 is 5.95 Å². The van der Waals surface area contributed by atoms with E-state index in [4.69, 9.17) is 4.98 Å². The van der Waals surface area contributed by atoms with Crippen LogP contribution in [0, 0.1) is 11.8 Å². The van der Waals surface area contributed by atoms with E-state index in [9.17, 15) is 0 Å². The van der Waals surface area contributed by atoms with Crippen LogP contribution < -0.4 is 10.2 Å². The van der Waals surface area contributed by atoms with Crippen molar-refractivity contribution in [3.8, 4) is 0 Å². The second-order valence-corrected chi connectivity index (χ2v) is 6.71. The van der Waals surface area contributed by atoms with E-state index in [1.165, 1.54) is 38.5 Å². The van der Waals surface area contributed by atoms with Crippen LogP contribution in [-0.4, -0.2) is 41.4 Å². The number of rotatable bonds is 3. The number of aromatic amines is 1. The SMILES string of the molecule is CNC1CCN(c2n[nH]c(C3C4CCCCC43)n2)CC1. The van der Waals surface area contributed by atoms with Gasteiger partial charge in [-0.15, -0.1) is 5.10 Å². The van der Waals surface area contributed by atoms with E-state index in [1.54, 1.807) is 0 Å². The van der Waals surface area contributed by atoms with E-state index < -0.39 is 0 Å². The van der Waals surface area contributed by atoms with Gasteiger partial charge in [-0.25, -0.2) is 0 Å². The molecule has 2 atom stereocenters. The lowest BCUT2D eigenvalue weighted by Crippen LogP contribution is -2.41. The maximum absolute atomic E-state index is 4.81. The van der Waals surface area contributed by atoms with E-state index in [1.807, 2.05) is 0 Å². The summed E-state index contributed by atoms with van der Waals surface area (Å²) in [5, 5.41) is 11.1. The molecule has 1 aromatic rings. The quantitative estimate of drug-likeness (QED) is 0.884.